The Balaban J connectivity index is 1.46. The average molecular weight is 464 g/mol. The minimum Gasteiger partial charge on any atom is -0.350 e. The van der Waals surface area contributed by atoms with E-state index in [-0.39, 0.29) is 28.4 Å². The summed E-state index contributed by atoms with van der Waals surface area (Å²) in [6.45, 7) is 1.89. The molecule has 3 aromatic carbocycles. The van der Waals surface area contributed by atoms with Crippen molar-refractivity contribution in [3.63, 3.8) is 0 Å². The van der Waals surface area contributed by atoms with E-state index in [0.717, 1.165) is 11.6 Å². The van der Waals surface area contributed by atoms with Crippen molar-refractivity contribution in [3.05, 3.63) is 107 Å². The Labute approximate surface area is 194 Å². The lowest BCUT2D eigenvalue weighted by Gasteiger charge is -2.16. The van der Waals surface area contributed by atoms with Gasteiger partial charge in [-0.05, 0) is 48.9 Å². The number of benzene rings is 3. The number of amides is 3. The number of hydrogen-bond donors (Lipinski definition) is 2. The van der Waals surface area contributed by atoms with Crippen LogP contribution in [0.25, 0.3) is 0 Å². The summed E-state index contributed by atoms with van der Waals surface area (Å²) >= 11 is 6.09. The Morgan fingerprint density at radius 1 is 0.909 bits per heavy atom. The Morgan fingerprint density at radius 3 is 2.21 bits per heavy atom. The number of anilines is 2. The molecule has 166 valence electrons. The van der Waals surface area contributed by atoms with Gasteiger partial charge in [0.2, 0.25) is 0 Å². The largest absolute Gasteiger partial charge is 0.350 e. The first-order valence-corrected chi connectivity index (χ1v) is 10.5. The molecule has 1 aliphatic rings. The predicted molar refractivity (Wildman–Crippen MR) is 124 cm³/mol. The van der Waals surface area contributed by atoms with Crippen molar-refractivity contribution in [2.75, 3.05) is 10.2 Å². The molecule has 1 atom stereocenters. The molecule has 0 saturated carbocycles. The van der Waals surface area contributed by atoms with Gasteiger partial charge >= 0.3 is 0 Å². The molecule has 3 aromatic rings. The fourth-order valence-electron chi connectivity index (χ4n) is 3.42. The maximum atomic E-state index is 14.1. The lowest BCUT2D eigenvalue weighted by atomic mass is 10.1. The average Bonchev–Trinajstić information content (AvgIpc) is 3.03. The van der Waals surface area contributed by atoms with Crippen molar-refractivity contribution in [1.82, 2.24) is 5.32 Å². The highest BCUT2D eigenvalue weighted by atomic mass is 35.5. The van der Waals surface area contributed by atoms with Crippen molar-refractivity contribution in [2.24, 2.45) is 0 Å². The van der Waals surface area contributed by atoms with E-state index in [2.05, 4.69) is 10.6 Å². The molecular weight excluding hydrogens is 445 g/mol. The number of hydrogen-bond acceptors (Lipinski definition) is 4. The Hall–Kier alpha value is -3.97. The van der Waals surface area contributed by atoms with Crippen LogP contribution in [-0.2, 0) is 9.59 Å². The van der Waals surface area contributed by atoms with Crippen LogP contribution >= 0.6 is 11.6 Å². The lowest BCUT2D eigenvalue weighted by Crippen LogP contribution is -2.33. The number of para-hydroxylation sites is 1. The highest BCUT2D eigenvalue weighted by Crippen LogP contribution is 2.31. The summed E-state index contributed by atoms with van der Waals surface area (Å²) in [5.41, 5.74) is 1.49. The van der Waals surface area contributed by atoms with Crippen LogP contribution < -0.4 is 15.5 Å². The van der Waals surface area contributed by atoms with Crippen LogP contribution in [0, 0.1) is 5.82 Å². The monoisotopic (exact) mass is 463 g/mol. The molecule has 0 bridgehead atoms. The first kappa shape index (κ1) is 22.2. The molecule has 8 heteroatoms. The summed E-state index contributed by atoms with van der Waals surface area (Å²) in [5, 5.41) is 5.38. The second kappa shape index (κ2) is 9.26. The van der Waals surface area contributed by atoms with E-state index in [0.29, 0.717) is 16.2 Å². The molecular formula is C25H19ClFN3O3. The minimum atomic E-state index is -0.819. The summed E-state index contributed by atoms with van der Waals surface area (Å²) in [6.07, 6.45) is 0. The van der Waals surface area contributed by atoms with E-state index in [1.54, 1.807) is 24.3 Å². The second-order valence-electron chi connectivity index (χ2n) is 7.39. The Morgan fingerprint density at radius 2 is 1.55 bits per heavy atom. The van der Waals surface area contributed by atoms with E-state index < -0.39 is 17.6 Å². The molecule has 0 spiro atoms. The quantitative estimate of drug-likeness (QED) is 0.517. The van der Waals surface area contributed by atoms with Crippen molar-refractivity contribution >= 4 is 40.7 Å². The van der Waals surface area contributed by atoms with E-state index in [9.17, 15) is 18.8 Å². The first-order valence-electron chi connectivity index (χ1n) is 10.1. The molecule has 0 aliphatic carbocycles. The van der Waals surface area contributed by atoms with Crippen LogP contribution in [0.2, 0.25) is 0 Å². The standard InChI is InChI=1S/C25H19ClFN3O3/c1-15(16-7-3-2-4-8-16)28-23(31)17-11-13-18(14-12-17)29-22-21(26)24(32)30(25(22)33)20-10-6-5-9-19(20)27/h2-15,29H,1H3,(H,28,31). The molecule has 33 heavy (non-hydrogen) atoms. The molecule has 2 N–H and O–H groups in total. The Bertz CT molecular complexity index is 1260. The van der Waals surface area contributed by atoms with Gasteiger partial charge < -0.3 is 10.6 Å². The van der Waals surface area contributed by atoms with E-state index in [1.807, 2.05) is 37.3 Å². The highest BCUT2D eigenvalue weighted by molar-refractivity contribution is 6.53. The number of carbonyl (C=O) groups is 3. The van der Waals surface area contributed by atoms with E-state index in [1.165, 1.54) is 18.2 Å². The molecule has 4 rings (SSSR count). The summed E-state index contributed by atoms with van der Waals surface area (Å²) in [5.74, 6) is -2.56. The summed E-state index contributed by atoms with van der Waals surface area (Å²) < 4.78 is 14.1. The normalized spacial score (nSPS) is 14.5. The fraction of sp³-hybridized carbons (Fsp3) is 0.0800. The van der Waals surface area contributed by atoms with Crippen LogP contribution in [-0.4, -0.2) is 17.7 Å². The van der Waals surface area contributed by atoms with Gasteiger partial charge in [0.1, 0.15) is 16.5 Å². The number of imide groups is 1. The van der Waals surface area contributed by atoms with Crippen LogP contribution in [0.1, 0.15) is 28.9 Å². The zero-order valence-electron chi connectivity index (χ0n) is 17.5. The SMILES string of the molecule is CC(NC(=O)c1ccc(NC2=C(Cl)C(=O)N(c3ccccc3F)C2=O)cc1)c1ccccc1. The van der Waals surface area contributed by atoms with Crippen LogP contribution in [0.15, 0.2) is 89.6 Å². The third kappa shape index (κ3) is 4.49. The fourth-order valence-corrected chi connectivity index (χ4v) is 3.63. The summed E-state index contributed by atoms with van der Waals surface area (Å²) in [7, 11) is 0. The zero-order chi connectivity index (χ0) is 23.5. The van der Waals surface area contributed by atoms with Gasteiger partial charge in [0, 0.05) is 11.3 Å². The van der Waals surface area contributed by atoms with Gasteiger partial charge in [-0.1, -0.05) is 54.1 Å². The van der Waals surface area contributed by atoms with Gasteiger partial charge in [0.15, 0.2) is 0 Å². The van der Waals surface area contributed by atoms with E-state index >= 15 is 0 Å². The van der Waals surface area contributed by atoms with Gasteiger partial charge in [-0.25, -0.2) is 9.29 Å². The van der Waals surface area contributed by atoms with Crippen molar-refractivity contribution in [3.8, 4) is 0 Å². The first-order chi connectivity index (χ1) is 15.9. The van der Waals surface area contributed by atoms with Crippen LogP contribution in [0.4, 0.5) is 15.8 Å². The van der Waals surface area contributed by atoms with Gasteiger partial charge in [-0.15, -0.1) is 0 Å². The topological polar surface area (TPSA) is 78.5 Å². The third-order valence-electron chi connectivity index (χ3n) is 5.18. The molecule has 0 aromatic heterocycles. The van der Waals surface area contributed by atoms with Crippen LogP contribution in [0.3, 0.4) is 0 Å². The second-order valence-corrected chi connectivity index (χ2v) is 7.77. The maximum absolute atomic E-state index is 14.1. The minimum absolute atomic E-state index is 0.167. The number of nitrogens with one attached hydrogen (secondary N) is 2. The highest BCUT2D eigenvalue weighted by Gasteiger charge is 2.40. The molecule has 0 radical (unpaired) electrons. The van der Waals surface area contributed by atoms with Crippen LogP contribution in [0.5, 0.6) is 0 Å². The summed E-state index contributed by atoms with van der Waals surface area (Å²) in [4.78, 5) is 38.5. The number of halogens is 2. The maximum Gasteiger partial charge on any atom is 0.283 e. The molecule has 1 unspecified atom stereocenters. The molecule has 6 nitrogen and oxygen atoms in total. The molecule has 3 amide bonds. The predicted octanol–water partition coefficient (Wildman–Crippen LogP) is 4.75. The molecule has 1 heterocycles. The molecule has 0 fully saturated rings. The van der Waals surface area contributed by atoms with Gasteiger partial charge in [-0.2, -0.15) is 0 Å². The Kier molecular flexibility index (Phi) is 6.24. The smallest absolute Gasteiger partial charge is 0.283 e. The van der Waals surface area contributed by atoms with Crippen molar-refractivity contribution < 1.29 is 18.8 Å². The lowest BCUT2D eigenvalue weighted by molar-refractivity contribution is -0.120. The number of carbonyl (C=O) groups excluding carboxylic acids is 3. The third-order valence-corrected chi connectivity index (χ3v) is 5.53. The van der Waals surface area contributed by atoms with E-state index in [4.69, 9.17) is 11.6 Å². The summed E-state index contributed by atoms with van der Waals surface area (Å²) in [6, 6.07) is 21.2. The van der Waals surface area contributed by atoms with Crippen molar-refractivity contribution in [1.29, 1.82) is 0 Å². The molecule has 0 saturated heterocycles. The van der Waals surface area contributed by atoms with Gasteiger partial charge in [-0.3, -0.25) is 14.4 Å². The number of nitrogens with zero attached hydrogens (tertiary/aromatic N) is 1. The number of rotatable bonds is 6. The van der Waals surface area contributed by atoms with Gasteiger partial charge in [0.25, 0.3) is 17.7 Å². The zero-order valence-corrected chi connectivity index (χ0v) is 18.3. The molecule has 1 aliphatic heterocycles. The van der Waals surface area contributed by atoms with Gasteiger partial charge in [0.05, 0.1) is 11.7 Å². The van der Waals surface area contributed by atoms with Crippen molar-refractivity contribution in [2.45, 2.75) is 13.0 Å².